The standard InChI is InChI=1S/C11H9N3O2/c12-2-1-11-13-7-5-9-10(6-8(7)14-11)16-4-3-15-9/h5-6H,1,3-4H2,(H,13,14). The number of H-pyrrole nitrogens is 1. The normalized spacial score (nSPS) is 13.7. The van der Waals surface area contributed by atoms with Crippen LogP contribution in [0, 0.1) is 11.3 Å². The predicted molar refractivity (Wildman–Crippen MR) is 56.4 cm³/mol. The number of imidazole rings is 1. The zero-order valence-corrected chi connectivity index (χ0v) is 8.49. The van der Waals surface area contributed by atoms with Crippen molar-refractivity contribution < 1.29 is 9.47 Å². The van der Waals surface area contributed by atoms with E-state index in [4.69, 9.17) is 14.7 Å². The van der Waals surface area contributed by atoms with E-state index in [0.29, 0.717) is 24.8 Å². The fourth-order valence-corrected chi connectivity index (χ4v) is 1.76. The summed E-state index contributed by atoms with van der Waals surface area (Å²) in [6, 6.07) is 5.75. The fourth-order valence-electron chi connectivity index (χ4n) is 1.76. The molecular formula is C11H9N3O2. The van der Waals surface area contributed by atoms with E-state index in [0.717, 1.165) is 16.8 Å². The van der Waals surface area contributed by atoms with E-state index in [9.17, 15) is 0 Å². The Morgan fingerprint density at radius 3 is 2.81 bits per heavy atom. The molecule has 0 fully saturated rings. The summed E-state index contributed by atoms with van der Waals surface area (Å²) in [6.45, 7) is 1.13. The lowest BCUT2D eigenvalue weighted by atomic mass is 10.2. The van der Waals surface area contributed by atoms with Crippen LogP contribution in [0.1, 0.15) is 5.82 Å². The maximum atomic E-state index is 8.60. The van der Waals surface area contributed by atoms with Crippen molar-refractivity contribution in [2.45, 2.75) is 6.42 Å². The minimum Gasteiger partial charge on any atom is -0.486 e. The highest BCUT2D eigenvalue weighted by Crippen LogP contribution is 2.33. The van der Waals surface area contributed by atoms with Crippen LogP contribution in [0.25, 0.3) is 11.0 Å². The summed E-state index contributed by atoms with van der Waals surface area (Å²) < 4.78 is 10.9. The number of rotatable bonds is 1. The predicted octanol–water partition coefficient (Wildman–Crippen LogP) is 1.40. The quantitative estimate of drug-likeness (QED) is 0.780. The molecule has 0 atom stereocenters. The first-order chi connectivity index (χ1) is 7.86. The SMILES string of the molecule is N#CCc1nc2cc3c(cc2[nH]1)OCCO3. The van der Waals surface area contributed by atoms with E-state index in [1.165, 1.54) is 0 Å². The molecule has 5 heteroatoms. The van der Waals surface area contributed by atoms with Crippen molar-refractivity contribution >= 4 is 11.0 Å². The number of fused-ring (bicyclic) bond motifs is 2. The van der Waals surface area contributed by atoms with Gasteiger partial charge >= 0.3 is 0 Å². The molecule has 1 aromatic carbocycles. The summed E-state index contributed by atoms with van der Waals surface area (Å²) in [6.07, 6.45) is 0.279. The molecule has 0 radical (unpaired) electrons. The maximum absolute atomic E-state index is 8.60. The maximum Gasteiger partial charge on any atom is 0.163 e. The number of aromatic amines is 1. The molecule has 0 aliphatic carbocycles. The molecule has 1 N–H and O–H groups in total. The Bertz CT molecular complexity index is 540. The lowest BCUT2D eigenvalue weighted by Gasteiger charge is -2.17. The number of ether oxygens (including phenoxy) is 2. The van der Waals surface area contributed by atoms with Gasteiger partial charge in [0, 0.05) is 12.1 Å². The van der Waals surface area contributed by atoms with Gasteiger partial charge in [-0.25, -0.2) is 4.98 Å². The molecule has 80 valence electrons. The summed E-state index contributed by atoms with van der Waals surface area (Å²) in [4.78, 5) is 7.37. The van der Waals surface area contributed by atoms with Crippen LogP contribution in [0.15, 0.2) is 12.1 Å². The highest BCUT2D eigenvalue weighted by Gasteiger charge is 2.14. The number of aromatic nitrogens is 2. The van der Waals surface area contributed by atoms with Crippen molar-refractivity contribution in [1.29, 1.82) is 5.26 Å². The molecule has 2 heterocycles. The minimum atomic E-state index is 0.279. The number of nitrogens with one attached hydrogen (secondary N) is 1. The Labute approximate surface area is 91.6 Å². The topological polar surface area (TPSA) is 70.9 Å². The summed E-state index contributed by atoms with van der Waals surface area (Å²) in [5, 5.41) is 8.60. The van der Waals surface area contributed by atoms with Crippen LogP contribution in [-0.2, 0) is 6.42 Å². The molecule has 0 spiro atoms. The van der Waals surface area contributed by atoms with Crippen molar-refractivity contribution in [3.8, 4) is 17.6 Å². The van der Waals surface area contributed by atoms with Crippen LogP contribution < -0.4 is 9.47 Å². The molecule has 0 amide bonds. The summed E-state index contributed by atoms with van der Waals surface area (Å²) in [7, 11) is 0. The molecular weight excluding hydrogens is 206 g/mol. The number of hydrogen-bond donors (Lipinski definition) is 1. The van der Waals surface area contributed by atoms with Crippen LogP contribution in [0.5, 0.6) is 11.5 Å². The monoisotopic (exact) mass is 215 g/mol. The Morgan fingerprint density at radius 1 is 1.31 bits per heavy atom. The van der Waals surface area contributed by atoms with Crippen molar-refractivity contribution in [2.24, 2.45) is 0 Å². The zero-order chi connectivity index (χ0) is 11.0. The van der Waals surface area contributed by atoms with Gasteiger partial charge in [-0.1, -0.05) is 0 Å². The highest BCUT2D eigenvalue weighted by molar-refractivity contribution is 5.80. The van der Waals surface area contributed by atoms with Gasteiger partial charge in [-0.3, -0.25) is 0 Å². The molecule has 1 aromatic heterocycles. The minimum absolute atomic E-state index is 0.279. The van der Waals surface area contributed by atoms with Crippen molar-refractivity contribution in [1.82, 2.24) is 9.97 Å². The number of nitriles is 1. The summed E-state index contributed by atoms with van der Waals surface area (Å²) in [5.74, 6) is 2.11. The van der Waals surface area contributed by atoms with E-state index < -0.39 is 0 Å². The average molecular weight is 215 g/mol. The Kier molecular flexibility index (Phi) is 1.93. The molecule has 0 saturated carbocycles. The smallest absolute Gasteiger partial charge is 0.163 e. The lowest BCUT2D eigenvalue weighted by molar-refractivity contribution is 0.172. The average Bonchev–Trinajstić information content (AvgIpc) is 2.67. The molecule has 3 rings (SSSR count). The van der Waals surface area contributed by atoms with Gasteiger partial charge in [-0.15, -0.1) is 0 Å². The third-order valence-corrected chi connectivity index (χ3v) is 2.44. The van der Waals surface area contributed by atoms with E-state index in [1.54, 1.807) is 0 Å². The van der Waals surface area contributed by atoms with Gasteiger partial charge in [0.1, 0.15) is 19.0 Å². The first-order valence-corrected chi connectivity index (χ1v) is 5.02. The second-order valence-corrected chi connectivity index (χ2v) is 3.53. The van der Waals surface area contributed by atoms with Gasteiger partial charge in [-0.05, 0) is 0 Å². The van der Waals surface area contributed by atoms with Crippen molar-refractivity contribution in [3.63, 3.8) is 0 Å². The van der Waals surface area contributed by atoms with E-state index in [2.05, 4.69) is 16.0 Å². The molecule has 5 nitrogen and oxygen atoms in total. The zero-order valence-electron chi connectivity index (χ0n) is 8.49. The van der Waals surface area contributed by atoms with Crippen molar-refractivity contribution in [3.05, 3.63) is 18.0 Å². The van der Waals surface area contributed by atoms with E-state index >= 15 is 0 Å². The Morgan fingerprint density at radius 2 is 2.06 bits per heavy atom. The largest absolute Gasteiger partial charge is 0.486 e. The molecule has 0 unspecified atom stereocenters. The lowest BCUT2D eigenvalue weighted by Crippen LogP contribution is -2.15. The summed E-state index contributed by atoms with van der Waals surface area (Å²) >= 11 is 0. The highest BCUT2D eigenvalue weighted by atomic mass is 16.6. The second kappa shape index (κ2) is 3.42. The molecule has 0 bridgehead atoms. The van der Waals surface area contributed by atoms with Crippen LogP contribution >= 0.6 is 0 Å². The van der Waals surface area contributed by atoms with Gasteiger partial charge < -0.3 is 14.5 Å². The number of nitrogens with zero attached hydrogens (tertiary/aromatic N) is 2. The van der Waals surface area contributed by atoms with Crippen LogP contribution in [0.4, 0.5) is 0 Å². The molecule has 1 aliphatic rings. The van der Waals surface area contributed by atoms with Gasteiger partial charge in [0.25, 0.3) is 0 Å². The summed E-state index contributed by atoms with van der Waals surface area (Å²) in [5.41, 5.74) is 1.67. The van der Waals surface area contributed by atoms with Gasteiger partial charge in [0.05, 0.1) is 23.5 Å². The third-order valence-electron chi connectivity index (χ3n) is 2.44. The molecule has 16 heavy (non-hydrogen) atoms. The van der Waals surface area contributed by atoms with Gasteiger partial charge in [0.2, 0.25) is 0 Å². The van der Waals surface area contributed by atoms with Gasteiger partial charge in [0.15, 0.2) is 11.5 Å². The molecule has 0 saturated heterocycles. The van der Waals surface area contributed by atoms with Crippen LogP contribution in [-0.4, -0.2) is 23.2 Å². The first-order valence-electron chi connectivity index (χ1n) is 5.02. The molecule has 1 aliphatic heterocycles. The fraction of sp³-hybridized carbons (Fsp3) is 0.273. The third kappa shape index (κ3) is 1.36. The Balaban J connectivity index is 2.13. The number of hydrogen-bond acceptors (Lipinski definition) is 4. The van der Waals surface area contributed by atoms with E-state index in [1.807, 2.05) is 12.1 Å². The van der Waals surface area contributed by atoms with E-state index in [-0.39, 0.29) is 6.42 Å². The van der Waals surface area contributed by atoms with Gasteiger partial charge in [-0.2, -0.15) is 5.26 Å². The van der Waals surface area contributed by atoms with Crippen molar-refractivity contribution in [2.75, 3.05) is 13.2 Å². The number of benzene rings is 1. The van der Waals surface area contributed by atoms with Crippen LogP contribution in [0.3, 0.4) is 0 Å². The van der Waals surface area contributed by atoms with Crippen LogP contribution in [0.2, 0.25) is 0 Å². The second-order valence-electron chi connectivity index (χ2n) is 3.53. The first kappa shape index (κ1) is 9.04. The molecule has 2 aromatic rings. The Hall–Kier alpha value is -2.22.